The van der Waals surface area contributed by atoms with Gasteiger partial charge < -0.3 is 32.5 Å². The Morgan fingerprint density at radius 3 is 1.43 bits per heavy atom. The van der Waals surface area contributed by atoms with Crippen molar-refractivity contribution in [3.8, 4) is 0 Å². The minimum atomic E-state index is -1.84. The maximum absolute atomic E-state index is 5.62. The molecule has 0 aliphatic heterocycles. The second-order valence-electron chi connectivity index (χ2n) is 4.38. The number of rotatable bonds is 10. The van der Waals surface area contributed by atoms with Gasteiger partial charge in [0.1, 0.15) is 0 Å². The van der Waals surface area contributed by atoms with Crippen LogP contribution in [0.3, 0.4) is 0 Å². The van der Waals surface area contributed by atoms with E-state index in [0.29, 0.717) is 5.56 Å². The van der Waals surface area contributed by atoms with Crippen molar-refractivity contribution in [1.29, 1.82) is 0 Å². The molecule has 0 aromatic heterocycles. The molecular formula is C14H20O7Si2. The van der Waals surface area contributed by atoms with Gasteiger partial charge in [0.15, 0.2) is 0 Å². The number of ether oxygens (including phenoxy) is 5. The van der Waals surface area contributed by atoms with Gasteiger partial charge in [0.2, 0.25) is 5.79 Å². The molecule has 1 aromatic carbocycles. The fourth-order valence-electron chi connectivity index (χ4n) is 2.58. The summed E-state index contributed by atoms with van der Waals surface area (Å²) in [7, 11) is 13.0. The van der Waals surface area contributed by atoms with E-state index in [2.05, 4.69) is 21.0 Å². The lowest BCUT2D eigenvalue weighted by Crippen LogP contribution is -2.72. The summed E-state index contributed by atoms with van der Waals surface area (Å²) in [5.74, 6) is -5.39. The third kappa shape index (κ3) is 2.92. The summed E-state index contributed by atoms with van der Waals surface area (Å²) in [6.07, 6.45) is 0. The van der Waals surface area contributed by atoms with Crippen molar-refractivity contribution >= 4 is 21.0 Å². The molecule has 0 N–H and O–H groups in total. The lowest BCUT2D eigenvalue weighted by molar-refractivity contribution is -0.525. The Kier molecular flexibility index (Phi) is 7.52. The van der Waals surface area contributed by atoms with Gasteiger partial charge in [-0.3, -0.25) is 0 Å². The van der Waals surface area contributed by atoms with Crippen LogP contribution in [0.15, 0.2) is 30.3 Å². The number of benzene rings is 1. The highest BCUT2D eigenvalue weighted by Crippen LogP contribution is 2.48. The molecular weight excluding hydrogens is 336 g/mol. The molecule has 1 aromatic rings. The van der Waals surface area contributed by atoms with Gasteiger partial charge >= 0.3 is 11.8 Å². The lowest BCUT2D eigenvalue weighted by atomic mass is 9.94. The topological polar surface area (TPSA) is 64.6 Å². The normalized spacial score (nSPS) is 13.3. The zero-order valence-corrected chi connectivity index (χ0v) is 15.7. The van der Waals surface area contributed by atoms with Gasteiger partial charge in [-0.15, -0.1) is 0 Å². The first-order valence-electron chi connectivity index (χ1n) is 6.54. The number of methoxy groups -OCH3 is 5. The molecule has 0 amide bonds. The van der Waals surface area contributed by atoms with Crippen molar-refractivity contribution in [2.45, 2.75) is 17.5 Å². The van der Waals surface area contributed by atoms with Gasteiger partial charge in [0.05, 0.1) is 0 Å². The minimum absolute atomic E-state index is 0.532. The van der Waals surface area contributed by atoms with Crippen LogP contribution in [0, 0.1) is 0 Å². The second kappa shape index (κ2) is 8.47. The van der Waals surface area contributed by atoms with Gasteiger partial charge in [0, 0.05) is 41.1 Å². The predicted molar refractivity (Wildman–Crippen MR) is 82.3 cm³/mol. The van der Waals surface area contributed by atoms with E-state index in [1.807, 2.05) is 6.07 Å². The molecule has 0 atom stereocenters. The first-order valence-corrected chi connectivity index (χ1v) is 7.36. The molecule has 0 aliphatic carbocycles. The highest BCUT2D eigenvalue weighted by Gasteiger charge is 2.70. The summed E-state index contributed by atoms with van der Waals surface area (Å²) in [5.41, 5.74) is 0.532. The Bertz CT molecular complexity index is 451. The highest BCUT2D eigenvalue weighted by atomic mass is 28.2. The van der Waals surface area contributed by atoms with Gasteiger partial charge in [0.25, 0.3) is 21.0 Å². The average Bonchev–Trinajstić information content (AvgIpc) is 2.63. The van der Waals surface area contributed by atoms with E-state index >= 15 is 0 Å². The summed E-state index contributed by atoms with van der Waals surface area (Å²) in [5, 5.41) is 0. The van der Waals surface area contributed by atoms with Crippen molar-refractivity contribution < 1.29 is 32.5 Å². The van der Waals surface area contributed by atoms with Crippen LogP contribution in [-0.2, 0) is 38.3 Å². The van der Waals surface area contributed by atoms with E-state index in [9.17, 15) is 0 Å². The summed E-state index contributed by atoms with van der Waals surface area (Å²) in [6, 6.07) is 8.93. The van der Waals surface area contributed by atoms with Crippen LogP contribution in [-0.4, -0.2) is 68.3 Å². The quantitative estimate of drug-likeness (QED) is 0.450. The Hall–Kier alpha value is -0.626. The molecule has 0 saturated carbocycles. The molecule has 0 unspecified atom stereocenters. The Labute approximate surface area is 143 Å². The summed E-state index contributed by atoms with van der Waals surface area (Å²) < 4.78 is 38.4. The van der Waals surface area contributed by atoms with Crippen molar-refractivity contribution in [2.24, 2.45) is 0 Å². The first kappa shape index (κ1) is 20.4. The zero-order valence-electron chi connectivity index (χ0n) is 13.7. The van der Waals surface area contributed by atoms with Crippen LogP contribution in [0.5, 0.6) is 0 Å². The molecule has 0 bridgehead atoms. The molecule has 1 rings (SSSR count). The van der Waals surface area contributed by atoms with Crippen molar-refractivity contribution in [3.05, 3.63) is 35.9 Å². The van der Waals surface area contributed by atoms with Crippen molar-refractivity contribution in [3.63, 3.8) is 0 Å². The molecule has 6 radical (unpaired) electrons. The molecule has 7 nitrogen and oxygen atoms in total. The highest BCUT2D eigenvalue weighted by molar-refractivity contribution is 6.00. The van der Waals surface area contributed by atoms with E-state index < -0.39 is 17.5 Å². The predicted octanol–water partition coefficient (Wildman–Crippen LogP) is 0.622. The molecule has 0 spiro atoms. The molecule has 0 fully saturated rings. The Balaban J connectivity index is 3.73. The van der Waals surface area contributed by atoms with Gasteiger partial charge in [-0.2, -0.15) is 0 Å². The zero-order chi connectivity index (χ0) is 17.6. The van der Waals surface area contributed by atoms with Crippen LogP contribution in [0.25, 0.3) is 0 Å². The molecule has 0 heterocycles. The van der Waals surface area contributed by atoms with Crippen LogP contribution in [0.2, 0.25) is 0 Å². The molecule has 126 valence electrons. The number of hydrogen-bond acceptors (Lipinski definition) is 7. The minimum Gasteiger partial charge on any atom is -0.385 e. The van der Waals surface area contributed by atoms with E-state index in [-0.39, 0.29) is 0 Å². The fraction of sp³-hybridized carbons (Fsp3) is 0.571. The first-order chi connectivity index (χ1) is 11.0. The van der Waals surface area contributed by atoms with Crippen molar-refractivity contribution in [2.75, 3.05) is 35.5 Å². The van der Waals surface area contributed by atoms with E-state index in [1.54, 1.807) is 24.3 Å². The second-order valence-corrected chi connectivity index (χ2v) is 4.79. The fourth-order valence-corrected chi connectivity index (χ4v) is 3.25. The molecule has 9 heteroatoms. The summed E-state index contributed by atoms with van der Waals surface area (Å²) >= 11 is 0. The third-order valence-electron chi connectivity index (χ3n) is 3.66. The standard InChI is InChI=1S/C14H20O7Si2/c1-15-13(16-2,14(17-3,18-4)19-5)12(20-22,21-23)11-9-7-6-8-10-11/h6-10H,1-5H3. The average molecular weight is 356 g/mol. The monoisotopic (exact) mass is 356 g/mol. The van der Waals surface area contributed by atoms with E-state index in [4.69, 9.17) is 32.5 Å². The Morgan fingerprint density at radius 1 is 0.696 bits per heavy atom. The van der Waals surface area contributed by atoms with Gasteiger partial charge in [-0.05, 0) is 0 Å². The maximum Gasteiger partial charge on any atom is 0.346 e. The molecule has 0 aliphatic rings. The van der Waals surface area contributed by atoms with Gasteiger partial charge in [-0.1, -0.05) is 30.3 Å². The maximum atomic E-state index is 5.62. The van der Waals surface area contributed by atoms with Crippen LogP contribution >= 0.6 is 0 Å². The van der Waals surface area contributed by atoms with E-state index in [0.717, 1.165) is 0 Å². The van der Waals surface area contributed by atoms with E-state index in [1.165, 1.54) is 35.5 Å². The third-order valence-corrected chi connectivity index (χ3v) is 4.23. The van der Waals surface area contributed by atoms with Gasteiger partial charge in [-0.25, -0.2) is 0 Å². The van der Waals surface area contributed by atoms with Crippen molar-refractivity contribution in [1.82, 2.24) is 0 Å². The largest absolute Gasteiger partial charge is 0.385 e. The van der Waals surface area contributed by atoms with Crippen LogP contribution < -0.4 is 0 Å². The van der Waals surface area contributed by atoms with Crippen LogP contribution in [0.1, 0.15) is 5.56 Å². The number of hydrogen-bond donors (Lipinski definition) is 0. The Morgan fingerprint density at radius 2 is 1.13 bits per heavy atom. The molecule has 23 heavy (non-hydrogen) atoms. The lowest BCUT2D eigenvalue weighted by Gasteiger charge is -2.52. The van der Waals surface area contributed by atoms with Crippen LogP contribution in [0.4, 0.5) is 0 Å². The smallest absolute Gasteiger partial charge is 0.346 e. The molecule has 0 saturated heterocycles. The SMILES string of the molecule is COC(OC)(OC)C(OC)(OC)C(O[Si])(O[Si])c1ccccc1. The summed E-state index contributed by atoms with van der Waals surface area (Å²) in [6.45, 7) is 0. The summed E-state index contributed by atoms with van der Waals surface area (Å²) in [4.78, 5) is 0.